The molecule has 0 atom stereocenters. The van der Waals surface area contributed by atoms with Gasteiger partial charge >= 0.3 is 0 Å². The Morgan fingerprint density at radius 3 is 2.62 bits per heavy atom. The van der Waals surface area contributed by atoms with Gasteiger partial charge in [0.25, 0.3) is 5.91 Å². The van der Waals surface area contributed by atoms with E-state index in [2.05, 4.69) is 61.5 Å². The van der Waals surface area contributed by atoms with E-state index < -0.39 is 0 Å². The van der Waals surface area contributed by atoms with E-state index in [1.807, 2.05) is 37.3 Å². The summed E-state index contributed by atoms with van der Waals surface area (Å²) in [5.74, 6) is 2.26. The molecule has 4 aromatic rings. The largest absolute Gasteiger partial charge is 0.455 e. The summed E-state index contributed by atoms with van der Waals surface area (Å²) in [5.41, 5.74) is 3.15. The van der Waals surface area contributed by atoms with E-state index in [9.17, 15) is 4.79 Å². The van der Waals surface area contributed by atoms with Gasteiger partial charge in [-0.1, -0.05) is 54.2 Å². The zero-order valence-corrected chi connectivity index (χ0v) is 22.8. The summed E-state index contributed by atoms with van der Waals surface area (Å²) in [4.78, 5) is 30.7. The van der Waals surface area contributed by atoms with Gasteiger partial charge < -0.3 is 14.6 Å². The molecule has 1 aromatic carbocycles. The number of piperazine rings is 1. The zero-order valence-electron chi connectivity index (χ0n) is 22.0. The highest BCUT2D eigenvalue weighted by Crippen LogP contribution is 2.24. The number of furan rings is 1. The van der Waals surface area contributed by atoms with Gasteiger partial charge in [-0.3, -0.25) is 14.7 Å². The van der Waals surface area contributed by atoms with E-state index in [1.165, 1.54) is 17.3 Å². The molecule has 1 saturated heterocycles. The van der Waals surface area contributed by atoms with E-state index in [-0.39, 0.29) is 5.91 Å². The summed E-state index contributed by atoms with van der Waals surface area (Å²) < 4.78 is 5.78. The van der Waals surface area contributed by atoms with Crippen LogP contribution in [-0.4, -0.2) is 58.5 Å². The number of thioether (sulfide) groups is 1. The first kappa shape index (κ1) is 26.6. The molecule has 4 heterocycles. The molecule has 1 amide bonds. The minimum absolute atomic E-state index is 0.244. The van der Waals surface area contributed by atoms with Crippen molar-refractivity contribution < 1.29 is 9.21 Å². The van der Waals surface area contributed by atoms with E-state index in [1.54, 1.807) is 18.5 Å². The van der Waals surface area contributed by atoms with E-state index >= 15 is 0 Å². The summed E-state index contributed by atoms with van der Waals surface area (Å²) in [5, 5.41) is 3.58. The molecule has 5 rings (SSSR count). The average molecular weight is 541 g/mol. The predicted octanol–water partition coefficient (Wildman–Crippen LogP) is 4.83. The SMILES string of the molecule is Cc1cc(N2CCN(C/C=C/c3ccccc3)CC2)nc(SCc2ccc(C(=O)NCc3ccncc3)o2)n1. The zero-order chi connectivity index (χ0) is 26.9. The summed E-state index contributed by atoms with van der Waals surface area (Å²) in [6, 6.07) is 19.7. The van der Waals surface area contributed by atoms with Crippen LogP contribution in [0.1, 0.15) is 33.1 Å². The minimum Gasteiger partial charge on any atom is -0.455 e. The fourth-order valence-electron chi connectivity index (χ4n) is 4.30. The average Bonchev–Trinajstić information content (AvgIpc) is 3.45. The second-order valence-corrected chi connectivity index (χ2v) is 10.3. The number of carbonyl (C=O) groups is 1. The van der Waals surface area contributed by atoms with Gasteiger partial charge in [0, 0.05) is 63.4 Å². The minimum atomic E-state index is -0.244. The number of pyridine rings is 1. The maximum atomic E-state index is 12.5. The van der Waals surface area contributed by atoms with Crippen LogP contribution in [-0.2, 0) is 12.3 Å². The molecular formula is C30H32N6O2S. The second-order valence-electron chi connectivity index (χ2n) is 9.34. The smallest absolute Gasteiger partial charge is 0.287 e. The first-order valence-corrected chi connectivity index (χ1v) is 14.0. The molecule has 0 bridgehead atoms. The Bertz CT molecular complexity index is 1390. The molecule has 0 saturated carbocycles. The van der Waals surface area contributed by atoms with E-state index in [4.69, 9.17) is 9.40 Å². The van der Waals surface area contributed by atoms with Crippen LogP contribution in [0.4, 0.5) is 5.82 Å². The van der Waals surface area contributed by atoms with Crippen LogP contribution < -0.4 is 10.2 Å². The van der Waals surface area contributed by atoms with Gasteiger partial charge in [-0.05, 0) is 42.3 Å². The van der Waals surface area contributed by atoms with Crippen molar-refractivity contribution in [2.24, 2.45) is 0 Å². The van der Waals surface area contributed by atoms with Crippen molar-refractivity contribution >= 4 is 29.6 Å². The number of amides is 1. The number of rotatable bonds is 10. The summed E-state index contributed by atoms with van der Waals surface area (Å²) in [7, 11) is 0. The highest BCUT2D eigenvalue weighted by atomic mass is 32.2. The molecule has 39 heavy (non-hydrogen) atoms. The quantitative estimate of drug-likeness (QED) is 0.226. The maximum absolute atomic E-state index is 12.5. The number of benzene rings is 1. The van der Waals surface area contributed by atoms with Crippen LogP contribution >= 0.6 is 11.8 Å². The summed E-state index contributed by atoms with van der Waals surface area (Å²) in [6.45, 7) is 7.19. The van der Waals surface area contributed by atoms with Crippen molar-refractivity contribution in [1.29, 1.82) is 0 Å². The highest BCUT2D eigenvalue weighted by Gasteiger charge is 2.19. The molecule has 1 aliphatic heterocycles. The Hall–Kier alpha value is -3.95. The third-order valence-corrected chi connectivity index (χ3v) is 7.29. The molecular weight excluding hydrogens is 508 g/mol. The molecule has 1 aliphatic rings. The molecule has 3 aromatic heterocycles. The molecule has 9 heteroatoms. The Morgan fingerprint density at radius 1 is 1.03 bits per heavy atom. The predicted molar refractivity (Wildman–Crippen MR) is 155 cm³/mol. The molecule has 0 spiro atoms. The Labute approximate surface area is 233 Å². The van der Waals surface area contributed by atoms with Crippen LogP contribution in [0.2, 0.25) is 0 Å². The van der Waals surface area contributed by atoms with Crippen molar-refractivity contribution in [2.75, 3.05) is 37.6 Å². The van der Waals surface area contributed by atoms with Crippen LogP contribution in [0, 0.1) is 6.92 Å². The van der Waals surface area contributed by atoms with E-state index in [0.717, 1.165) is 49.8 Å². The number of hydrogen-bond donors (Lipinski definition) is 1. The summed E-state index contributed by atoms with van der Waals surface area (Å²) in [6.07, 6.45) is 7.82. The number of aromatic nitrogens is 3. The Morgan fingerprint density at radius 2 is 1.82 bits per heavy atom. The van der Waals surface area contributed by atoms with Crippen LogP contribution in [0.15, 0.2) is 88.7 Å². The van der Waals surface area contributed by atoms with Gasteiger partial charge in [-0.15, -0.1) is 0 Å². The van der Waals surface area contributed by atoms with Crippen molar-refractivity contribution in [2.45, 2.75) is 24.4 Å². The Kier molecular flexibility index (Phi) is 9.03. The summed E-state index contributed by atoms with van der Waals surface area (Å²) >= 11 is 1.51. The normalized spacial score (nSPS) is 14.1. The van der Waals surface area contributed by atoms with Crippen LogP contribution in [0.25, 0.3) is 6.08 Å². The first-order chi connectivity index (χ1) is 19.1. The molecule has 0 unspecified atom stereocenters. The highest BCUT2D eigenvalue weighted by molar-refractivity contribution is 7.98. The molecule has 1 fully saturated rings. The fraction of sp³-hybridized carbons (Fsp3) is 0.267. The van der Waals surface area contributed by atoms with E-state index in [0.29, 0.717) is 29.0 Å². The lowest BCUT2D eigenvalue weighted by molar-refractivity contribution is 0.0921. The van der Waals surface area contributed by atoms with Gasteiger partial charge in [-0.25, -0.2) is 9.97 Å². The number of nitrogens with one attached hydrogen (secondary N) is 1. The lowest BCUT2D eigenvalue weighted by Gasteiger charge is -2.35. The monoisotopic (exact) mass is 540 g/mol. The lowest BCUT2D eigenvalue weighted by Crippen LogP contribution is -2.46. The molecule has 1 N–H and O–H groups in total. The molecule has 0 radical (unpaired) electrons. The van der Waals surface area contributed by atoms with Crippen molar-refractivity contribution in [3.8, 4) is 0 Å². The van der Waals surface area contributed by atoms with Crippen molar-refractivity contribution in [3.63, 3.8) is 0 Å². The molecule has 0 aliphatic carbocycles. The Balaban J connectivity index is 1.10. The van der Waals surface area contributed by atoms with Gasteiger partial charge in [0.2, 0.25) is 0 Å². The second kappa shape index (κ2) is 13.2. The standard InChI is InChI=1S/C30H32N6O2S/c1-23-20-28(36-18-16-35(17-19-36)15-5-8-24-6-3-2-4-7-24)34-30(33-23)39-22-26-9-10-27(38-26)29(37)32-21-25-11-13-31-14-12-25/h2-14,20H,15-19,21-22H2,1H3,(H,32,37)/b8-5+. The van der Waals surface area contributed by atoms with Gasteiger partial charge in [0.15, 0.2) is 10.9 Å². The molecule has 200 valence electrons. The first-order valence-electron chi connectivity index (χ1n) is 13.1. The maximum Gasteiger partial charge on any atom is 0.287 e. The number of anilines is 1. The topological polar surface area (TPSA) is 87.4 Å². The number of hydrogen-bond acceptors (Lipinski definition) is 8. The third-order valence-electron chi connectivity index (χ3n) is 6.42. The van der Waals surface area contributed by atoms with Crippen molar-refractivity contribution in [1.82, 2.24) is 25.2 Å². The van der Waals surface area contributed by atoms with Gasteiger partial charge in [0.1, 0.15) is 11.6 Å². The number of nitrogens with zero attached hydrogens (tertiary/aromatic N) is 5. The van der Waals surface area contributed by atoms with Gasteiger partial charge in [-0.2, -0.15) is 0 Å². The van der Waals surface area contributed by atoms with Gasteiger partial charge in [0.05, 0.1) is 5.75 Å². The van der Waals surface area contributed by atoms with Crippen molar-refractivity contribution in [3.05, 3.63) is 107 Å². The fourth-order valence-corrected chi connectivity index (χ4v) is 5.09. The van der Waals surface area contributed by atoms with Crippen LogP contribution in [0.5, 0.6) is 0 Å². The number of aryl methyl sites for hydroxylation is 1. The third kappa shape index (κ3) is 7.78. The van der Waals surface area contributed by atoms with Crippen LogP contribution in [0.3, 0.4) is 0 Å². The molecule has 8 nitrogen and oxygen atoms in total. The lowest BCUT2D eigenvalue weighted by atomic mass is 10.2. The number of carbonyl (C=O) groups excluding carboxylic acids is 1.